The van der Waals surface area contributed by atoms with E-state index in [4.69, 9.17) is 4.74 Å². The van der Waals surface area contributed by atoms with Gasteiger partial charge < -0.3 is 9.47 Å². The zero-order valence-corrected chi connectivity index (χ0v) is 12.9. The second kappa shape index (κ2) is 6.39. The Bertz CT molecular complexity index is 682. The molecule has 22 heavy (non-hydrogen) atoms. The molecule has 0 amide bonds. The van der Waals surface area contributed by atoms with E-state index in [0.717, 1.165) is 0 Å². The molecule has 0 saturated heterocycles. The molecular weight excluding hydrogens is 365 g/mol. The zero-order chi connectivity index (χ0) is 16.3. The highest BCUT2D eigenvalue weighted by Crippen LogP contribution is 2.38. The Morgan fingerprint density at radius 1 is 1.14 bits per heavy atom. The summed E-state index contributed by atoms with van der Waals surface area (Å²) in [6.45, 7) is 0. The van der Waals surface area contributed by atoms with Crippen molar-refractivity contribution in [1.82, 2.24) is 0 Å². The molecule has 3 nitrogen and oxygen atoms in total. The fourth-order valence-corrected chi connectivity index (χ4v) is 2.58. The third-order valence-electron chi connectivity index (χ3n) is 2.81. The van der Waals surface area contributed by atoms with Crippen LogP contribution in [-0.4, -0.2) is 19.8 Å². The van der Waals surface area contributed by atoms with Gasteiger partial charge in [-0.05, 0) is 45.8 Å². The minimum atomic E-state index is -4.74. The van der Waals surface area contributed by atoms with Gasteiger partial charge in [0.1, 0.15) is 17.8 Å². The molecule has 0 spiro atoms. The summed E-state index contributed by atoms with van der Waals surface area (Å²) in [5.41, 5.74) is 1.59. The van der Waals surface area contributed by atoms with Crippen LogP contribution in [0, 0.1) is 0 Å². The maximum atomic E-state index is 12.1. The number of hydrogen-bond donors (Lipinski definition) is 0. The van der Waals surface area contributed by atoms with Crippen molar-refractivity contribution in [3.63, 3.8) is 0 Å². The van der Waals surface area contributed by atoms with Crippen LogP contribution in [-0.2, 0) is 0 Å². The average Bonchev–Trinajstić information content (AvgIpc) is 2.45. The van der Waals surface area contributed by atoms with Gasteiger partial charge in [0.15, 0.2) is 0 Å². The lowest BCUT2D eigenvalue weighted by atomic mass is 10.0. The summed E-state index contributed by atoms with van der Waals surface area (Å²) >= 11 is 3.29. The van der Waals surface area contributed by atoms with E-state index in [-0.39, 0.29) is 5.75 Å². The first-order valence-electron chi connectivity index (χ1n) is 6.03. The second-order valence-electron chi connectivity index (χ2n) is 4.27. The van der Waals surface area contributed by atoms with Gasteiger partial charge in [0.25, 0.3) is 0 Å². The molecule has 0 aliphatic carbocycles. The van der Waals surface area contributed by atoms with E-state index in [2.05, 4.69) is 20.7 Å². The molecule has 7 heteroatoms. The Labute approximate surface area is 132 Å². The number of alkyl halides is 3. The van der Waals surface area contributed by atoms with Gasteiger partial charge in [-0.25, -0.2) is 0 Å². The number of rotatable bonds is 4. The normalized spacial score (nSPS) is 11.1. The van der Waals surface area contributed by atoms with Crippen molar-refractivity contribution >= 4 is 22.2 Å². The van der Waals surface area contributed by atoms with Gasteiger partial charge >= 0.3 is 6.36 Å². The molecule has 2 aromatic rings. The Morgan fingerprint density at radius 3 is 2.27 bits per heavy atom. The van der Waals surface area contributed by atoms with Crippen LogP contribution in [0.4, 0.5) is 13.2 Å². The molecule has 0 bridgehead atoms. The first kappa shape index (κ1) is 16.4. The SMILES string of the molecule is COc1c(Br)cc(C=O)cc1-c1ccc(OC(F)(F)F)cc1. The second-order valence-corrected chi connectivity index (χ2v) is 5.13. The molecule has 0 aromatic heterocycles. The Morgan fingerprint density at radius 2 is 1.77 bits per heavy atom. The molecule has 0 unspecified atom stereocenters. The number of halogens is 4. The van der Waals surface area contributed by atoms with Crippen molar-refractivity contribution in [2.75, 3.05) is 7.11 Å². The van der Waals surface area contributed by atoms with E-state index in [0.29, 0.717) is 33.2 Å². The number of carbonyl (C=O) groups is 1. The fraction of sp³-hybridized carbons (Fsp3) is 0.133. The highest BCUT2D eigenvalue weighted by atomic mass is 79.9. The molecular formula is C15H10BrF3O3. The van der Waals surface area contributed by atoms with Crippen LogP contribution >= 0.6 is 15.9 Å². The summed E-state index contributed by atoms with van der Waals surface area (Å²) < 4.78 is 46.1. The van der Waals surface area contributed by atoms with E-state index >= 15 is 0 Å². The van der Waals surface area contributed by atoms with Gasteiger partial charge in [-0.2, -0.15) is 0 Å². The van der Waals surface area contributed by atoms with E-state index in [9.17, 15) is 18.0 Å². The topological polar surface area (TPSA) is 35.5 Å². The summed E-state index contributed by atoms with van der Waals surface area (Å²) in [4.78, 5) is 10.9. The molecule has 2 aromatic carbocycles. The van der Waals surface area contributed by atoms with Crippen molar-refractivity contribution in [3.8, 4) is 22.6 Å². The maximum absolute atomic E-state index is 12.1. The molecule has 2 rings (SSSR count). The lowest BCUT2D eigenvalue weighted by molar-refractivity contribution is -0.274. The smallest absolute Gasteiger partial charge is 0.495 e. The third-order valence-corrected chi connectivity index (χ3v) is 3.39. The number of benzene rings is 2. The highest BCUT2D eigenvalue weighted by Gasteiger charge is 2.31. The van der Waals surface area contributed by atoms with E-state index < -0.39 is 6.36 Å². The predicted octanol–water partition coefficient (Wildman–Crippen LogP) is 4.84. The van der Waals surface area contributed by atoms with E-state index in [1.807, 2.05) is 0 Å². The third kappa shape index (κ3) is 3.79. The van der Waals surface area contributed by atoms with Crippen molar-refractivity contribution in [3.05, 3.63) is 46.4 Å². The van der Waals surface area contributed by atoms with Crippen molar-refractivity contribution in [1.29, 1.82) is 0 Å². The van der Waals surface area contributed by atoms with Gasteiger partial charge in [0.2, 0.25) is 0 Å². The highest BCUT2D eigenvalue weighted by molar-refractivity contribution is 9.10. The van der Waals surface area contributed by atoms with Crippen molar-refractivity contribution < 1.29 is 27.4 Å². The van der Waals surface area contributed by atoms with Crippen molar-refractivity contribution in [2.24, 2.45) is 0 Å². The fourth-order valence-electron chi connectivity index (χ4n) is 1.94. The molecule has 0 aliphatic rings. The summed E-state index contributed by atoms with van der Waals surface area (Å²) in [6, 6.07) is 8.50. The van der Waals surface area contributed by atoms with E-state index in [1.165, 1.54) is 31.4 Å². The lowest BCUT2D eigenvalue weighted by Gasteiger charge is -2.13. The van der Waals surface area contributed by atoms with Crippen LogP contribution in [0.2, 0.25) is 0 Å². The molecule has 0 radical (unpaired) electrons. The molecule has 0 fully saturated rings. The van der Waals surface area contributed by atoms with Crippen LogP contribution in [0.15, 0.2) is 40.9 Å². The van der Waals surface area contributed by atoms with Gasteiger partial charge in [0, 0.05) is 11.1 Å². The Hall–Kier alpha value is -2.02. The Kier molecular flexibility index (Phi) is 4.75. The van der Waals surface area contributed by atoms with Crippen LogP contribution in [0.25, 0.3) is 11.1 Å². The number of aldehydes is 1. The first-order valence-corrected chi connectivity index (χ1v) is 6.82. The maximum Gasteiger partial charge on any atom is 0.573 e. The molecule has 116 valence electrons. The number of carbonyl (C=O) groups excluding carboxylic acids is 1. The van der Waals surface area contributed by atoms with Crippen molar-refractivity contribution in [2.45, 2.75) is 6.36 Å². The van der Waals surface area contributed by atoms with Crippen LogP contribution in [0.5, 0.6) is 11.5 Å². The number of ether oxygens (including phenoxy) is 2. The lowest BCUT2D eigenvalue weighted by Crippen LogP contribution is -2.16. The Balaban J connectivity index is 2.43. The molecule has 0 aliphatic heterocycles. The zero-order valence-electron chi connectivity index (χ0n) is 11.3. The number of methoxy groups -OCH3 is 1. The van der Waals surface area contributed by atoms with Gasteiger partial charge in [-0.3, -0.25) is 4.79 Å². The van der Waals surface area contributed by atoms with Gasteiger partial charge in [-0.1, -0.05) is 12.1 Å². The summed E-state index contributed by atoms with van der Waals surface area (Å²) in [5, 5.41) is 0. The summed E-state index contributed by atoms with van der Waals surface area (Å²) in [6.07, 6.45) is -4.06. The van der Waals surface area contributed by atoms with Gasteiger partial charge in [0.05, 0.1) is 11.6 Å². The first-order chi connectivity index (χ1) is 10.3. The molecule has 0 atom stereocenters. The van der Waals surface area contributed by atoms with Gasteiger partial charge in [-0.15, -0.1) is 13.2 Å². The largest absolute Gasteiger partial charge is 0.573 e. The molecule has 0 saturated carbocycles. The van der Waals surface area contributed by atoms with Crippen LogP contribution < -0.4 is 9.47 Å². The summed E-state index contributed by atoms with van der Waals surface area (Å²) in [5.74, 6) is 0.163. The van der Waals surface area contributed by atoms with Crippen LogP contribution in [0.3, 0.4) is 0 Å². The monoisotopic (exact) mass is 374 g/mol. The minimum absolute atomic E-state index is 0.319. The summed E-state index contributed by atoms with van der Waals surface area (Å²) in [7, 11) is 1.46. The quantitative estimate of drug-likeness (QED) is 0.718. The minimum Gasteiger partial charge on any atom is -0.495 e. The van der Waals surface area contributed by atoms with Crippen LogP contribution in [0.1, 0.15) is 10.4 Å². The predicted molar refractivity (Wildman–Crippen MR) is 78.2 cm³/mol. The average molecular weight is 375 g/mol. The number of hydrogen-bond acceptors (Lipinski definition) is 3. The standard InChI is InChI=1S/C15H10BrF3O3/c1-21-14-12(6-9(8-20)7-13(14)16)10-2-4-11(5-3-10)22-15(17,18)19/h2-8H,1H3. The molecule has 0 N–H and O–H groups in total. The van der Waals surface area contributed by atoms with E-state index in [1.54, 1.807) is 12.1 Å². The molecule has 0 heterocycles.